The lowest BCUT2D eigenvalue weighted by atomic mass is 10.2. The summed E-state index contributed by atoms with van der Waals surface area (Å²) in [5, 5.41) is 0. The molecule has 0 atom stereocenters. The molecule has 0 radical (unpaired) electrons. The van der Waals surface area contributed by atoms with Gasteiger partial charge in [-0.2, -0.15) is 13.1 Å². The third-order valence-corrected chi connectivity index (χ3v) is 3.76. The number of anilines is 2. The first-order chi connectivity index (χ1) is 7.84. The lowest BCUT2D eigenvalue weighted by Crippen LogP contribution is -2.40. The van der Waals surface area contributed by atoms with E-state index in [-0.39, 0.29) is 5.92 Å². The minimum Gasteiger partial charge on any atom is -0.397 e. The first kappa shape index (κ1) is 13.8. The Balaban J connectivity index is 2.89. The number of rotatable bonds is 5. The Bertz CT molecular complexity index is 471. The summed E-state index contributed by atoms with van der Waals surface area (Å²) in [7, 11) is -2.05. The molecular formula is C11H19N3O2S. The molecule has 0 spiro atoms. The third kappa shape index (κ3) is 3.61. The molecule has 0 bridgehead atoms. The van der Waals surface area contributed by atoms with Gasteiger partial charge in [0, 0.05) is 13.6 Å². The predicted octanol–water partition coefficient (Wildman–Crippen LogP) is 1.20. The standard InChI is InChI=1S/C11H19N3O2S/c1-9(2)8-13-17(15,16)14(3)11-7-5-4-6-10(11)12/h4-7,9,13H,8,12H2,1-3H3. The van der Waals surface area contributed by atoms with Crippen LogP contribution in [-0.2, 0) is 10.2 Å². The van der Waals surface area contributed by atoms with Crippen LogP contribution in [0.4, 0.5) is 11.4 Å². The highest BCUT2D eigenvalue weighted by molar-refractivity contribution is 7.90. The van der Waals surface area contributed by atoms with Crippen LogP contribution in [0.25, 0.3) is 0 Å². The van der Waals surface area contributed by atoms with E-state index in [2.05, 4.69) is 4.72 Å². The highest BCUT2D eigenvalue weighted by atomic mass is 32.2. The van der Waals surface area contributed by atoms with Gasteiger partial charge in [0.1, 0.15) is 0 Å². The molecule has 96 valence electrons. The summed E-state index contributed by atoms with van der Waals surface area (Å²) in [6.45, 7) is 4.29. The van der Waals surface area contributed by atoms with E-state index < -0.39 is 10.2 Å². The van der Waals surface area contributed by atoms with E-state index in [1.165, 1.54) is 7.05 Å². The van der Waals surface area contributed by atoms with Crippen LogP contribution in [0, 0.1) is 5.92 Å². The summed E-state index contributed by atoms with van der Waals surface area (Å²) in [5.41, 5.74) is 6.65. The number of nitrogen functional groups attached to an aromatic ring is 1. The molecule has 1 aromatic carbocycles. The Morgan fingerprint density at radius 1 is 1.35 bits per heavy atom. The van der Waals surface area contributed by atoms with Crippen LogP contribution >= 0.6 is 0 Å². The summed E-state index contributed by atoms with van der Waals surface area (Å²) in [6, 6.07) is 6.86. The molecule has 17 heavy (non-hydrogen) atoms. The smallest absolute Gasteiger partial charge is 0.301 e. The van der Waals surface area contributed by atoms with Crippen molar-refractivity contribution in [3.63, 3.8) is 0 Å². The molecule has 1 rings (SSSR count). The van der Waals surface area contributed by atoms with Crippen molar-refractivity contribution in [2.24, 2.45) is 5.92 Å². The molecule has 0 aromatic heterocycles. The van der Waals surface area contributed by atoms with Gasteiger partial charge < -0.3 is 5.73 Å². The molecule has 0 aliphatic carbocycles. The predicted molar refractivity (Wildman–Crippen MR) is 71.0 cm³/mol. The summed E-state index contributed by atoms with van der Waals surface area (Å²) < 4.78 is 27.6. The molecule has 0 aliphatic rings. The van der Waals surface area contributed by atoms with Gasteiger partial charge >= 0.3 is 10.2 Å². The molecule has 0 unspecified atom stereocenters. The quantitative estimate of drug-likeness (QED) is 0.778. The summed E-state index contributed by atoms with van der Waals surface area (Å²) in [6.07, 6.45) is 0. The minimum absolute atomic E-state index is 0.256. The zero-order valence-corrected chi connectivity index (χ0v) is 11.2. The van der Waals surface area contributed by atoms with E-state index in [0.717, 1.165) is 4.31 Å². The Morgan fingerprint density at radius 2 is 1.94 bits per heavy atom. The van der Waals surface area contributed by atoms with Crippen molar-refractivity contribution in [2.45, 2.75) is 13.8 Å². The fourth-order valence-corrected chi connectivity index (χ4v) is 2.44. The minimum atomic E-state index is -3.53. The lowest BCUT2D eigenvalue weighted by Gasteiger charge is -2.21. The highest BCUT2D eigenvalue weighted by Gasteiger charge is 2.19. The molecule has 5 nitrogen and oxygen atoms in total. The van der Waals surface area contributed by atoms with Crippen LogP contribution in [0.1, 0.15) is 13.8 Å². The Morgan fingerprint density at radius 3 is 2.47 bits per heavy atom. The van der Waals surface area contributed by atoms with Gasteiger partial charge in [0.15, 0.2) is 0 Å². The van der Waals surface area contributed by atoms with E-state index in [1.54, 1.807) is 24.3 Å². The maximum absolute atomic E-state index is 11.9. The maximum Gasteiger partial charge on any atom is 0.301 e. The van der Waals surface area contributed by atoms with Crippen LogP contribution in [0.2, 0.25) is 0 Å². The number of para-hydroxylation sites is 2. The van der Waals surface area contributed by atoms with Crippen molar-refractivity contribution in [2.75, 3.05) is 23.6 Å². The fraction of sp³-hybridized carbons (Fsp3) is 0.455. The second-order valence-electron chi connectivity index (χ2n) is 4.27. The van der Waals surface area contributed by atoms with Crippen molar-refractivity contribution in [1.82, 2.24) is 4.72 Å². The zero-order valence-electron chi connectivity index (χ0n) is 10.3. The molecule has 0 saturated carbocycles. The monoisotopic (exact) mass is 257 g/mol. The Hall–Kier alpha value is -1.27. The Labute approximate surface area is 103 Å². The molecule has 0 fully saturated rings. The van der Waals surface area contributed by atoms with Crippen molar-refractivity contribution in [3.05, 3.63) is 24.3 Å². The average molecular weight is 257 g/mol. The van der Waals surface area contributed by atoms with Gasteiger partial charge in [-0.3, -0.25) is 4.31 Å². The number of nitrogens with one attached hydrogen (secondary N) is 1. The van der Waals surface area contributed by atoms with E-state index >= 15 is 0 Å². The zero-order chi connectivity index (χ0) is 13.1. The number of hydrogen-bond acceptors (Lipinski definition) is 3. The van der Waals surface area contributed by atoms with Gasteiger partial charge in [-0.15, -0.1) is 0 Å². The van der Waals surface area contributed by atoms with Crippen molar-refractivity contribution < 1.29 is 8.42 Å². The van der Waals surface area contributed by atoms with Crippen molar-refractivity contribution in [3.8, 4) is 0 Å². The van der Waals surface area contributed by atoms with Gasteiger partial charge in [-0.25, -0.2) is 0 Å². The lowest BCUT2D eigenvalue weighted by molar-refractivity contribution is 0.558. The largest absolute Gasteiger partial charge is 0.397 e. The molecule has 6 heteroatoms. The second-order valence-corrected chi connectivity index (χ2v) is 6.06. The fourth-order valence-electron chi connectivity index (χ4n) is 1.27. The molecular weight excluding hydrogens is 238 g/mol. The summed E-state index contributed by atoms with van der Waals surface area (Å²) >= 11 is 0. The SMILES string of the molecule is CC(C)CNS(=O)(=O)N(C)c1ccccc1N. The number of nitrogens with zero attached hydrogens (tertiary/aromatic N) is 1. The van der Waals surface area contributed by atoms with Crippen LogP contribution in [0.3, 0.4) is 0 Å². The van der Waals surface area contributed by atoms with E-state index in [4.69, 9.17) is 5.73 Å². The molecule has 0 heterocycles. The van der Waals surface area contributed by atoms with E-state index in [0.29, 0.717) is 17.9 Å². The maximum atomic E-state index is 11.9. The van der Waals surface area contributed by atoms with Crippen LogP contribution < -0.4 is 14.8 Å². The molecule has 0 saturated heterocycles. The van der Waals surface area contributed by atoms with Crippen LogP contribution in [0.15, 0.2) is 24.3 Å². The first-order valence-electron chi connectivity index (χ1n) is 5.42. The summed E-state index contributed by atoms with van der Waals surface area (Å²) in [4.78, 5) is 0. The van der Waals surface area contributed by atoms with Gasteiger partial charge in [0.25, 0.3) is 0 Å². The number of nitrogens with two attached hydrogens (primary N) is 1. The number of hydrogen-bond donors (Lipinski definition) is 2. The third-order valence-electron chi connectivity index (χ3n) is 2.31. The topological polar surface area (TPSA) is 75.4 Å². The first-order valence-corrected chi connectivity index (χ1v) is 6.86. The van der Waals surface area contributed by atoms with Crippen molar-refractivity contribution >= 4 is 21.6 Å². The molecule has 3 N–H and O–H groups in total. The van der Waals surface area contributed by atoms with Crippen molar-refractivity contribution in [1.29, 1.82) is 0 Å². The summed E-state index contributed by atoms with van der Waals surface area (Å²) in [5.74, 6) is 0.256. The highest BCUT2D eigenvalue weighted by Crippen LogP contribution is 2.22. The average Bonchev–Trinajstić information content (AvgIpc) is 2.26. The van der Waals surface area contributed by atoms with Gasteiger partial charge in [0.2, 0.25) is 0 Å². The second kappa shape index (κ2) is 5.37. The van der Waals surface area contributed by atoms with E-state index in [9.17, 15) is 8.42 Å². The van der Waals surface area contributed by atoms with Gasteiger partial charge in [-0.1, -0.05) is 26.0 Å². The normalized spacial score (nSPS) is 11.8. The number of benzene rings is 1. The molecule has 0 aliphatic heterocycles. The van der Waals surface area contributed by atoms with Gasteiger partial charge in [0.05, 0.1) is 11.4 Å². The van der Waals surface area contributed by atoms with Crippen LogP contribution in [-0.4, -0.2) is 22.0 Å². The van der Waals surface area contributed by atoms with Gasteiger partial charge in [-0.05, 0) is 18.1 Å². The Kier molecular flexibility index (Phi) is 4.36. The molecule has 1 aromatic rings. The molecule has 0 amide bonds. The van der Waals surface area contributed by atoms with E-state index in [1.807, 2.05) is 13.8 Å². The van der Waals surface area contributed by atoms with Crippen LogP contribution in [0.5, 0.6) is 0 Å².